The Kier molecular flexibility index (Phi) is 40.7. The number of aliphatic hydroxyl groups excluding tert-OH is 2. The zero-order valence-corrected chi connectivity index (χ0v) is 35.9. The molecule has 54 heavy (non-hydrogen) atoms. The Bertz CT molecular complexity index is 900. The summed E-state index contributed by atoms with van der Waals surface area (Å²) in [5.41, 5.74) is 0. The van der Waals surface area contributed by atoms with Gasteiger partial charge in [-0.1, -0.05) is 211 Å². The van der Waals surface area contributed by atoms with Gasteiger partial charge in [0.2, 0.25) is 5.91 Å². The van der Waals surface area contributed by atoms with Crippen molar-refractivity contribution in [3.05, 3.63) is 36.5 Å². The van der Waals surface area contributed by atoms with Crippen molar-refractivity contribution in [2.75, 3.05) is 6.61 Å². The van der Waals surface area contributed by atoms with Crippen molar-refractivity contribution in [2.45, 2.75) is 251 Å². The second-order valence-corrected chi connectivity index (χ2v) is 15.8. The minimum absolute atomic E-state index is 0.0667. The van der Waals surface area contributed by atoms with Gasteiger partial charge in [-0.2, -0.15) is 0 Å². The van der Waals surface area contributed by atoms with E-state index in [0.717, 1.165) is 83.5 Å². The summed E-state index contributed by atoms with van der Waals surface area (Å²) in [6.07, 6.45) is 47.7. The lowest BCUT2D eigenvalue weighted by Gasteiger charge is -2.24. The summed E-state index contributed by atoms with van der Waals surface area (Å²) in [6.45, 7) is 6.32. The smallest absolute Gasteiger partial charge is 0.306 e. The minimum Gasteiger partial charge on any atom is -0.462 e. The van der Waals surface area contributed by atoms with Gasteiger partial charge in [-0.3, -0.25) is 9.59 Å². The fraction of sp³-hybridized carbons (Fsp3) is 0.833. The molecule has 0 aliphatic heterocycles. The van der Waals surface area contributed by atoms with Crippen LogP contribution in [0.2, 0.25) is 0 Å². The first-order valence-electron chi connectivity index (χ1n) is 23.2. The SMILES string of the molecule is CC/C=C/C=C/C=C/CCCCCCCC(CC(=O)NC(CO)C(O)CCCCCCCCCCCCCCC)OC(=O)CCCCCCCCCCC. The summed E-state index contributed by atoms with van der Waals surface area (Å²) in [6, 6.07) is -0.703. The molecule has 0 aliphatic rings. The number of carbonyl (C=O) groups is 2. The van der Waals surface area contributed by atoms with E-state index < -0.39 is 18.2 Å². The van der Waals surface area contributed by atoms with Crippen molar-refractivity contribution in [3.63, 3.8) is 0 Å². The number of esters is 1. The number of rotatable bonds is 41. The van der Waals surface area contributed by atoms with Gasteiger partial charge in [0.05, 0.1) is 25.2 Å². The number of hydrogen-bond donors (Lipinski definition) is 3. The maximum absolute atomic E-state index is 13.1. The zero-order chi connectivity index (χ0) is 39.6. The number of ether oxygens (including phenoxy) is 1. The standard InChI is InChI=1S/C48H89NO5/c1-4-7-10-13-16-19-21-23-25-28-30-33-36-39-44(54-48(53)41-38-35-32-27-18-15-12-9-6-3)42-47(52)49-45(43-50)46(51)40-37-34-31-29-26-24-22-20-17-14-11-8-5-2/h7,10,13,16,19,21,44-46,50-51H,4-6,8-9,11-12,14-15,17-18,20,22-43H2,1-3H3,(H,49,52)/b10-7+,16-13+,21-19+. The average Bonchev–Trinajstić information content (AvgIpc) is 3.16. The number of amides is 1. The quantitative estimate of drug-likeness (QED) is 0.0328. The Morgan fingerprint density at radius 1 is 0.556 bits per heavy atom. The van der Waals surface area contributed by atoms with E-state index in [1.165, 1.54) is 103 Å². The summed E-state index contributed by atoms with van der Waals surface area (Å²) >= 11 is 0. The first kappa shape index (κ1) is 52.1. The van der Waals surface area contributed by atoms with Gasteiger partial charge >= 0.3 is 5.97 Å². The van der Waals surface area contributed by atoms with E-state index in [1.807, 2.05) is 0 Å². The molecule has 3 N–H and O–H groups in total. The molecule has 0 spiro atoms. The molecule has 3 unspecified atom stereocenters. The lowest BCUT2D eigenvalue weighted by Crippen LogP contribution is -2.46. The molecular formula is C48H89NO5. The molecule has 0 saturated carbocycles. The Morgan fingerprint density at radius 3 is 1.50 bits per heavy atom. The van der Waals surface area contributed by atoms with E-state index in [-0.39, 0.29) is 24.9 Å². The van der Waals surface area contributed by atoms with Crippen LogP contribution >= 0.6 is 0 Å². The van der Waals surface area contributed by atoms with Gasteiger partial charge < -0.3 is 20.3 Å². The number of hydrogen-bond acceptors (Lipinski definition) is 5. The maximum Gasteiger partial charge on any atom is 0.306 e. The highest BCUT2D eigenvalue weighted by Gasteiger charge is 2.24. The molecule has 0 aromatic rings. The molecule has 0 aromatic carbocycles. The fourth-order valence-corrected chi connectivity index (χ4v) is 7.02. The van der Waals surface area contributed by atoms with Crippen LogP contribution in [-0.4, -0.2) is 46.9 Å². The Morgan fingerprint density at radius 2 is 1.00 bits per heavy atom. The van der Waals surface area contributed by atoms with Crippen LogP contribution in [0, 0.1) is 0 Å². The highest BCUT2D eigenvalue weighted by Crippen LogP contribution is 2.18. The van der Waals surface area contributed by atoms with Gasteiger partial charge in [-0.15, -0.1) is 0 Å². The van der Waals surface area contributed by atoms with Crippen molar-refractivity contribution in [2.24, 2.45) is 0 Å². The van der Waals surface area contributed by atoms with Gasteiger partial charge in [0.25, 0.3) is 0 Å². The van der Waals surface area contributed by atoms with E-state index in [0.29, 0.717) is 19.3 Å². The predicted octanol–water partition coefficient (Wildman–Crippen LogP) is 13.3. The summed E-state index contributed by atoms with van der Waals surface area (Å²) in [7, 11) is 0. The van der Waals surface area contributed by atoms with Crippen molar-refractivity contribution in [3.8, 4) is 0 Å². The Hall–Kier alpha value is -1.92. The summed E-state index contributed by atoms with van der Waals surface area (Å²) in [4.78, 5) is 25.9. The van der Waals surface area contributed by atoms with Crippen LogP contribution < -0.4 is 5.32 Å². The third-order valence-electron chi connectivity index (χ3n) is 10.5. The molecule has 0 rings (SSSR count). The molecule has 1 amide bonds. The number of unbranched alkanes of at least 4 members (excludes halogenated alkanes) is 25. The normalized spacial score (nSPS) is 13.6. The highest BCUT2D eigenvalue weighted by molar-refractivity contribution is 5.77. The van der Waals surface area contributed by atoms with Gasteiger partial charge in [0.1, 0.15) is 6.10 Å². The fourth-order valence-electron chi connectivity index (χ4n) is 7.02. The van der Waals surface area contributed by atoms with E-state index in [9.17, 15) is 19.8 Å². The van der Waals surface area contributed by atoms with E-state index in [4.69, 9.17) is 4.74 Å². The molecule has 0 aliphatic carbocycles. The van der Waals surface area contributed by atoms with E-state index >= 15 is 0 Å². The summed E-state index contributed by atoms with van der Waals surface area (Å²) in [5.74, 6) is -0.492. The van der Waals surface area contributed by atoms with E-state index in [1.54, 1.807) is 0 Å². The maximum atomic E-state index is 13.1. The molecular weight excluding hydrogens is 671 g/mol. The third kappa shape index (κ3) is 37.0. The van der Waals surface area contributed by atoms with Gasteiger partial charge in [-0.05, 0) is 44.9 Å². The molecule has 0 fully saturated rings. The molecule has 0 radical (unpaired) electrons. The van der Waals surface area contributed by atoms with Gasteiger partial charge in [-0.25, -0.2) is 0 Å². The van der Waals surface area contributed by atoms with Crippen molar-refractivity contribution in [1.82, 2.24) is 5.32 Å². The number of nitrogens with one attached hydrogen (secondary N) is 1. The Labute approximate surface area is 334 Å². The molecule has 0 bridgehead atoms. The predicted molar refractivity (Wildman–Crippen MR) is 232 cm³/mol. The third-order valence-corrected chi connectivity index (χ3v) is 10.5. The summed E-state index contributed by atoms with van der Waals surface area (Å²) in [5, 5.41) is 23.7. The van der Waals surface area contributed by atoms with E-state index in [2.05, 4.69) is 62.5 Å². The molecule has 0 heterocycles. The first-order chi connectivity index (χ1) is 26.5. The Balaban J connectivity index is 4.58. The van der Waals surface area contributed by atoms with Gasteiger partial charge in [0.15, 0.2) is 0 Å². The van der Waals surface area contributed by atoms with Crippen molar-refractivity contribution < 1.29 is 24.5 Å². The van der Waals surface area contributed by atoms with Crippen LogP contribution in [-0.2, 0) is 14.3 Å². The molecule has 316 valence electrons. The lowest BCUT2D eigenvalue weighted by atomic mass is 10.0. The lowest BCUT2D eigenvalue weighted by molar-refractivity contribution is -0.151. The van der Waals surface area contributed by atoms with Gasteiger partial charge in [0, 0.05) is 6.42 Å². The van der Waals surface area contributed by atoms with Crippen molar-refractivity contribution >= 4 is 11.9 Å². The second-order valence-electron chi connectivity index (χ2n) is 15.8. The van der Waals surface area contributed by atoms with Crippen LogP contribution in [0.3, 0.4) is 0 Å². The number of carbonyl (C=O) groups excluding carboxylic acids is 2. The molecule has 3 atom stereocenters. The van der Waals surface area contributed by atoms with Crippen LogP contribution in [0.25, 0.3) is 0 Å². The largest absolute Gasteiger partial charge is 0.462 e. The number of allylic oxidation sites excluding steroid dienone is 6. The average molecular weight is 760 g/mol. The number of aliphatic hydroxyl groups is 2. The monoisotopic (exact) mass is 760 g/mol. The zero-order valence-electron chi connectivity index (χ0n) is 35.9. The topological polar surface area (TPSA) is 95.9 Å². The molecule has 6 heteroatoms. The van der Waals surface area contributed by atoms with Crippen molar-refractivity contribution in [1.29, 1.82) is 0 Å². The molecule has 6 nitrogen and oxygen atoms in total. The second kappa shape index (κ2) is 42.2. The molecule has 0 aromatic heterocycles. The van der Waals surface area contributed by atoms with Crippen LogP contribution in [0.4, 0.5) is 0 Å². The van der Waals surface area contributed by atoms with Crippen LogP contribution in [0.1, 0.15) is 233 Å². The summed E-state index contributed by atoms with van der Waals surface area (Å²) < 4.78 is 5.88. The van der Waals surface area contributed by atoms with Crippen LogP contribution in [0.15, 0.2) is 36.5 Å². The minimum atomic E-state index is -0.789. The highest BCUT2D eigenvalue weighted by atomic mass is 16.5. The first-order valence-corrected chi connectivity index (χ1v) is 23.2. The van der Waals surface area contributed by atoms with Crippen LogP contribution in [0.5, 0.6) is 0 Å². The molecule has 0 saturated heterocycles.